The van der Waals surface area contributed by atoms with Gasteiger partial charge in [0, 0.05) is 0 Å². The normalized spacial score (nSPS) is 15.6. The minimum absolute atomic E-state index is 0.0232. The van der Waals surface area contributed by atoms with Gasteiger partial charge in [-0.05, 0) is 65.7 Å². The monoisotopic (exact) mass is 528 g/mol. The lowest BCUT2D eigenvalue weighted by Gasteiger charge is -2.13. The second kappa shape index (κ2) is 11.6. The van der Waals surface area contributed by atoms with Gasteiger partial charge in [-0.25, -0.2) is 9.79 Å². The standard InChI is InChI=1S/C24H21BrN2O5S/c1-3-30-18-13-15(12-17(25)22(18)32-11-10-26)14-19-21(28)20(24(29)31-4-2)23(33-19)27-16-8-6-5-7-9-16/h5-9,12-14,28H,3-4,11H2,1-2H3/b19-14-,27-23?. The molecule has 170 valence electrons. The summed E-state index contributed by atoms with van der Waals surface area (Å²) < 4.78 is 16.9. The molecule has 2 aromatic rings. The molecule has 0 atom stereocenters. The van der Waals surface area contributed by atoms with E-state index in [2.05, 4.69) is 20.9 Å². The van der Waals surface area contributed by atoms with Crippen molar-refractivity contribution in [3.8, 4) is 17.6 Å². The van der Waals surface area contributed by atoms with Gasteiger partial charge in [0.15, 0.2) is 18.1 Å². The third-order valence-electron chi connectivity index (χ3n) is 4.27. The summed E-state index contributed by atoms with van der Waals surface area (Å²) in [5.74, 6) is 0.0196. The second-order valence-electron chi connectivity index (χ2n) is 6.52. The van der Waals surface area contributed by atoms with Gasteiger partial charge in [-0.2, -0.15) is 5.26 Å². The summed E-state index contributed by atoms with van der Waals surface area (Å²) in [6.07, 6.45) is 1.72. The zero-order valence-corrected chi connectivity index (χ0v) is 20.4. The minimum atomic E-state index is -0.642. The largest absolute Gasteiger partial charge is 0.506 e. The Morgan fingerprint density at radius 1 is 1.21 bits per heavy atom. The Balaban J connectivity index is 2.05. The summed E-state index contributed by atoms with van der Waals surface area (Å²) in [5, 5.41) is 20.0. The van der Waals surface area contributed by atoms with Crippen molar-refractivity contribution in [3.05, 3.63) is 68.7 Å². The Hall–Kier alpha value is -3.22. The molecule has 33 heavy (non-hydrogen) atoms. The van der Waals surface area contributed by atoms with Crippen molar-refractivity contribution in [1.29, 1.82) is 5.26 Å². The number of hydrogen-bond donors (Lipinski definition) is 1. The highest BCUT2D eigenvalue weighted by Crippen LogP contribution is 2.42. The number of nitrogens with zero attached hydrogens (tertiary/aromatic N) is 2. The highest BCUT2D eigenvalue weighted by atomic mass is 79.9. The molecule has 2 aromatic carbocycles. The fourth-order valence-electron chi connectivity index (χ4n) is 2.94. The Bertz CT molecular complexity index is 1170. The van der Waals surface area contributed by atoms with E-state index in [1.807, 2.05) is 31.2 Å². The Morgan fingerprint density at radius 3 is 2.64 bits per heavy atom. The zero-order chi connectivity index (χ0) is 23.8. The van der Waals surface area contributed by atoms with Gasteiger partial charge < -0.3 is 19.3 Å². The van der Waals surface area contributed by atoms with Gasteiger partial charge in [-0.1, -0.05) is 30.0 Å². The molecule has 9 heteroatoms. The Morgan fingerprint density at radius 2 is 1.97 bits per heavy atom. The zero-order valence-electron chi connectivity index (χ0n) is 18.0. The number of carbonyl (C=O) groups excluding carboxylic acids is 1. The first-order valence-corrected chi connectivity index (χ1v) is 11.7. The van der Waals surface area contributed by atoms with Crippen LogP contribution in [0.15, 0.2) is 68.2 Å². The summed E-state index contributed by atoms with van der Waals surface area (Å²) in [7, 11) is 0. The van der Waals surface area contributed by atoms with Gasteiger partial charge in [0.2, 0.25) is 0 Å². The first-order chi connectivity index (χ1) is 16.0. The van der Waals surface area contributed by atoms with Gasteiger partial charge in [-0.15, -0.1) is 0 Å². The van der Waals surface area contributed by atoms with Gasteiger partial charge in [0.25, 0.3) is 0 Å². The lowest BCUT2D eigenvalue weighted by molar-refractivity contribution is -0.138. The molecule has 7 nitrogen and oxygen atoms in total. The second-order valence-corrected chi connectivity index (χ2v) is 8.40. The van der Waals surface area contributed by atoms with Crippen molar-refractivity contribution in [3.63, 3.8) is 0 Å². The van der Waals surface area contributed by atoms with Crippen LogP contribution in [0.2, 0.25) is 0 Å². The number of aliphatic hydroxyl groups excluding tert-OH is 1. The van der Waals surface area contributed by atoms with Crippen molar-refractivity contribution in [1.82, 2.24) is 0 Å². The molecule has 3 rings (SSSR count). The fourth-order valence-corrected chi connectivity index (χ4v) is 4.55. The molecule has 0 amide bonds. The number of para-hydroxylation sites is 1. The quantitative estimate of drug-likeness (QED) is 0.422. The average molecular weight is 529 g/mol. The minimum Gasteiger partial charge on any atom is -0.506 e. The van der Waals surface area contributed by atoms with E-state index in [1.54, 1.807) is 37.3 Å². The predicted molar refractivity (Wildman–Crippen MR) is 132 cm³/mol. The number of aliphatic hydroxyl groups is 1. The maximum absolute atomic E-state index is 12.6. The lowest BCUT2D eigenvalue weighted by atomic mass is 10.1. The smallest absolute Gasteiger partial charge is 0.344 e. The third kappa shape index (κ3) is 5.97. The molecule has 0 fully saturated rings. The third-order valence-corrected chi connectivity index (χ3v) is 5.88. The number of benzene rings is 2. The van der Waals surface area contributed by atoms with E-state index >= 15 is 0 Å². The number of hydrogen-bond acceptors (Lipinski definition) is 8. The fraction of sp³-hybridized carbons (Fsp3) is 0.208. The topological polar surface area (TPSA) is 101 Å². The van der Waals surface area contributed by atoms with Crippen LogP contribution in [0.3, 0.4) is 0 Å². The average Bonchev–Trinajstić information content (AvgIpc) is 3.09. The maximum Gasteiger partial charge on any atom is 0.344 e. The van der Waals surface area contributed by atoms with E-state index < -0.39 is 5.97 Å². The van der Waals surface area contributed by atoms with Gasteiger partial charge in [0.05, 0.1) is 28.3 Å². The SMILES string of the molecule is CCOC(=O)C1=C(O)/C(=C/c2cc(Br)c(OCC#N)c(OCC)c2)SC1=Nc1ccccc1. The van der Waals surface area contributed by atoms with Crippen molar-refractivity contribution >= 4 is 50.5 Å². The highest BCUT2D eigenvalue weighted by Gasteiger charge is 2.33. The van der Waals surface area contributed by atoms with Crippen LogP contribution in [0.25, 0.3) is 6.08 Å². The Kier molecular flexibility index (Phi) is 8.58. The number of thioether (sulfide) groups is 1. The molecule has 0 saturated heterocycles. The van der Waals surface area contributed by atoms with Crippen LogP contribution < -0.4 is 9.47 Å². The number of rotatable bonds is 8. The highest BCUT2D eigenvalue weighted by molar-refractivity contribution is 9.10. The molecule has 0 aromatic heterocycles. The molecule has 0 spiro atoms. The van der Waals surface area contributed by atoms with Crippen LogP contribution in [0.5, 0.6) is 11.5 Å². The molecule has 0 aliphatic carbocycles. The maximum atomic E-state index is 12.6. The van der Waals surface area contributed by atoms with E-state index in [1.165, 1.54) is 11.8 Å². The summed E-state index contributed by atoms with van der Waals surface area (Å²) >= 11 is 4.62. The van der Waals surface area contributed by atoms with Gasteiger partial charge >= 0.3 is 5.97 Å². The predicted octanol–water partition coefficient (Wildman–Crippen LogP) is 5.94. The number of ether oxygens (including phenoxy) is 3. The van der Waals surface area contributed by atoms with Crippen LogP contribution in [0.1, 0.15) is 19.4 Å². The first-order valence-electron chi connectivity index (χ1n) is 10.1. The summed E-state index contributed by atoms with van der Waals surface area (Å²) in [4.78, 5) is 17.5. The first kappa shape index (κ1) is 24.4. The van der Waals surface area contributed by atoms with E-state index in [-0.39, 0.29) is 24.5 Å². The molecule has 1 aliphatic rings. The van der Waals surface area contributed by atoms with E-state index in [0.717, 1.165) is 0 Å². The molecular formula is C24H21BrN2O5S. The molecule has 1 heterocycles. The van der Waals surface area contributed by atoms with Gasteiger partial charge in [-0.3, -0.25) is 0 Å². The van der Waals surface area contributed by atoms with E-state index in [0.29, 0.717) is 43.8 Å². The molecular weight excluding hydrogens is 508 g/mol. The lowest BCUT2D eigenvalue weighted by Crippen LogP contribution is -2.12. The van der Waals surface area contributed by atoms with Crippen molar-refractivity contribution in [2.24, 2.45) is 4.99 Å². The van der Waals surface area contributed by atoms with Crippen molar-refractivity contribution in [2.75, 3.05) is 19.8 Å². The molecule has 0 bridgehead atoms. The summed E-state index contributed by atoms with van der Waals surface area (Å²) in [6.45, 7) is 3.99. The number of esters is 1. The molecule has 0 unspecified atom stereocenters. The van der Waals surface area contributed by atoms with E-state index in [9.17, 15) is 9.90 Å². The summed E-state index contributed by atoms with van der Waals surface area (Å²) in [5.41, 5.74) is 1.36. The number of nitriles is 1. The van der Waals surface area contributed by atoms with Crippen molar-refractivity contribution in [2.45, 2.75) is 13.8 Å². The van der Waals surface area contributed by atoms with Crippen LogP contribution in [0, 0.1) is 11.3 Å². The van der Waals surface area contributed by atoms with Gasteiger partial charge in [0.1, 0.15) is 22.4 Å². The van der Waals surface area contributed by atoms with E-state index in [4.69, 9.17) is 19.5 Å². The Labute approximate surface area is 204 Å². The van der Waals surface area contributed by atoms with Crippen LogP contribution in [-0.2, 0) is 9.53 Å². The van der Waals surface area contributed by atoms with Crippen LogP contribution in [-0.4, -0.2) is 35.9 Å². The van der Waals surface area contributed by atoms with Crippen LogP contribution >= 0.6 is 27.7 Å². The molecule has 0 saturated carbocycles. The molecule has 1 aliphatic heterocycles. The van der Waals surface area contributed by atoms with Crippen molar-refractivity contribution < 1.29 is 24.1 Å². The number of carbonyl (C=O) groups is 1. The van der Waals surface area contributed by atoms with Crippen LogP contribution in [0.4, 0.5) is 5.69 Å². The number of aliphatic imine (C=N–C) groups is 1. The number of halogens is 1. The summed E-state index contributed by atoms with van der Waals surface area (Å²) in [6, 6.07) is 14.6. The molecule has 1 N–H and O–H groups in total. The molecule has 0 radical (unpaired) electrons.